The molecular weight excluding hydrogens is 212 g/mol. The summed E-state index contributed by atoms with van der Waals surface area (Å²) in [6.45, 7) is 6.58. The third kappa shape index (κ3) is 2.41. The minimum absolute atomic E-state index is 0.0799. The van der Waals surface area contributed by atoms with E-state index < -0.39 is 0 Å². The van der Waals surface area contributed by atoms with E-state index in [1.165, 1.54) is 11.1 Å². The molecule has 0 aromatic rings. The maximum Gasteiger partial charge on any atom is 0.00869 e. The molecule has 0 nitrogen and oxygen atoms in total. The van der Waals surface area contributed by atoms with E-state index in [4.69, 9.17) is 0 Å². The molecule has 2 aliphatic rings. The Morgan fingerprint density at radius 1 is 1.12 bits per heavy atom. The van der Waals surface area contributed by atoms with E-state index >= 15 is 0 Å². The molecule has 0 aromatic heterocycles. The van der Waals surface area contributed by atoms with Crippen LogP contribution in [-0.2, 0) is 0 Å². The van der Waals surface area contributed by atoms with Gasteiger partial charge in [-0.3, -0.25) is 0 Å². The lowest BCUT2D eigenvalue weighted by atomic mass is 9.93. The first-order chi connectivity index (χ1) is 7.48. The Hall–Kier alpha value is -0.950. The van der Waals surface area contributed by atoms with E-state index in [9.17, 15) is 0 Å². The van der Waals surface area contributed by atoms with Crippen LogP contribution in [0.3, 0.4) is 0 Å². The summed E-state index contributed by atoms with van der Waals surface area (Å²) in [5.41, 5.74) is 2.56. The molecule has 16 heavy (non-hydrogen) atoms. The van der Waals surface area contributed by atoms with Gasteiger partial charge in [-0.1, -0.05) is 63.3 Å². The fourth-order valence-corrected chi connectivity index (χ4v) is 2.45. The average molecular weight is 230 g/mol. The normalized spacial score (nSPS) is 27.2. The number of rotatable bonds is 0. The predicted molar refractivity (Wildman–Crippen MR) is 74.5 cm³/mol. The monoisotopic (exact) mass is 230 g/mol. The summed E-state index contributed by atoms with van der Waals surface area (Å²) in [6, 6.07) is 0. The standard InChI is InChI=1S/C15H18S/c1-11-4-6-12-8-9-15(2,3)10-14(16)13(12)7-5-11/h4-11,16H,1-3H3. The Morgan fingerprint density at radius 2 is 1.81 bits per heavy atom. The van der Waals surface area contributed by atoms with Crippen molar-refractivity contribution >= 4 is 12.6 Å². The quantitative estimate of drug-likeness (QED) is 0.584. The molecule has 0 saturated heterocycles. The molecule has 0 saturated carbocycles. The highest BCUT2D eigenvalue weighted by molar-refractivity contribution is 7.84. The van der Waals surface area contributed by atoms with Gasteiger partial charge in [-0.15, -0.1) is 12.6 Å². The lowest BCUT2D eigenvalue weighted by Gasteiger charge is -2.14. The van der Waals surface area contributed by atoms with E-state index in [-0.39, 0.29) is 5.41 Å². The second-order valence-corrected chi connectivity index (χ2v) is 5.61. The lowest BCUT2D eigenvalue weighted by Crippen LogP contribution is -2.01. The van der Waals surface area contributed by atoms with Crippen LogP contribution < -0.4 is 0 Å². The van der Waals surface area contributed by atoms with Crippen LogP contribution in [0, 0.1) is 11.3 Å². The van der Waals surface area contributed by atoms with Crippen LogP contribution in [0.25, 0.3) is 0 Å². The Bertz CT molecular complexity index is 442. The average Bonchev–Trinajstić information content (AvgIpc) is 2.42. The fraction of sp³-hybridized carbons (Fsp3) is 0.333. The molecule has 1 heteroatoms. The number of allylic oxidation sites excluding steroid dienone is 9. The minimum Gasteiger partial charge on any atom is -0.143 e. The van der Waals surface area contributed by atoms with Crippen LogP contribution >= 0.6 is 12.6 Å². The topological polar surface area (TPSA) is 0 Å². The largest absolute Gasteiger partial charge is 0.143 e. The Labute approximate surface area is 104 Å². The van der Waals surface area contributed by atoms with Gasteiger partial charge in [0, 0.05) is 10.3 Å². The van der Waals surface area contributed by atoms with Crippen LogP contribution in [-0.4, -0.2) is 0 Å². The first-order valence-electron chi connectivity index (χ1n) is 5.70. The van der Waals surface area contributed by atoms with Crippen LogP contribution in [0.15, 0.2) is 58.6 Å². The molecule has 0 N–H and O–H groups in total. The van der Waals surface area contributed by atoms with Gasteiger partial charge in [-0.2, -0.15) is 0 Å². The molecule has 0 amide bonds. The van der Waals surface area contributed by atoms with Crippen LogP contribution in [0.2, 0.25) is 0 Å². The van der Waals surface area contributed by atoms with Gasteiger partial charge in [0.05, 0.1) is 0 Å². The van der Waals surface area contributed by atoms with Gasteiger partial charge in [0.15, 0.2) is 0 Å². The summed E-state index contributed by atoms with van der Waals surface area (Å²) < 4.78 is 0. The van der Waals surface area contributed by atoms with Crippen molar-refractivity contribution in [1.82, 2.24) is 0 Å². The van der Waals surface area contributed by atoms with Gasteiger partial charge in [0.2, 0.25) is 0 Å². The zero-order valence-corrected chi connectivity index (χ0v) is 11.0. The highest BCUT2D eigenvalue weighted by Gasteiger charge is 2.17. The summed E-state index contributed by atoms with van der Waals surface area (Å²) in [5.74, 6) is 0.495. The number of hydrogen-bond donors (Lipinski definition) is 1. The third-order valence-electron chi connectivity index (χ3n) is 2.93. The van der Waals surface area contributed by atoms with Gasteiger partial charge in [-0.25, -0.2) is 0 Å². The molecule has 2 rings (SSSR count). The Balaban J connectivity index is 2.51. The minimum atomic E-state index is 0.0799. The first kappa shape index (κ1) is 11.5. The smallest absolute Gasteiger partial charge is 0.00869 e. The zero-order valence-electron chi connectivity index (χ0n) is 10.1. The molecule has 2 aliphatic carbocycles. The fourth-order valence-electron chi connectivity index (χ4n) is 1.92. The maximum atomic E-state index is 4.62. The lowest BCUT2D eigenvalue weighted by molar-refractivity contribution is 0.626. The highest BCUT2D eigenvalue weighted by atomic mass is 32.1. The molecule has 0 radical (unpaired) electrons. The molecule has 0 spiro atoms. The second kappa shape index (κ2) is 4.14. The predicted octanol–water partition coefficient (Wildman–Crippen LogP) is 4.45. The van der Waals surface area contributed by atoms with E-state index in [0.717, 1.165) is 4.91 Å². The van der Waals surface area contributed by atoms with Crippen LogP contribution in [0.1, 0.15) is 20.8 Å². The maximum absolute atomic E-state index is 4.62. The summed E-state index contributed by atoms with van der Waals surface area (Å²) in [6.07, 6.45) is 15.5. The first-order valence-corrected chi connectivity index (χ1v) is 6.15. The molecule has 0 heterocycles. The molecule has 0 aliphatic heterocycles. The van der Waals surface area contributed by atoms with Gasteiger partial charge in [0.1, 0.15) is 0 Å². The van der Waals surface area contributed by atoms with Crippen molar-refractivity contribution < 1.29 is 0 Å². The summed E-state index contributed by atoms with van der Waals surface area (Å²) >= 11 is 4.62. The van der Waals surface area contributed by atoms with E-state index in [0.29, 0.717) is 5.92 Å². The summed E-state index contributed by atoms with van der Waals surface area (Å²) in [4.78, 5) is 1.07. The van der Waals surface area contributed by atoms with Crippen molar-refractivity contribution in [3.63, 3.8) is 0 Å². The molecule has 1 unspecified atom stereocenters. The van der Waals surface area contributed by atoms with Crippen molar-refractivity contribution in [1.29, 1.82) is 0 Å². The van der Waals surface area contributed by atoms with Crippen molar-refractivity contribution in [3.05, 3.63) is 58.6 Å². The molecule has 0 fully saturated rings. The van der Waals surface area contributed by atoms with Crippen molar-refractivity contribution in [2.24, 2.45) is 11.3 Å². The molecule has 0 aromatic carbocycles. The molecule has 1 atom stereocenters. The van der Waals surface area contributed by atoms with Crippen LogP contribution in [0.4, 0.5) is 0 Å². The van der Waals surface area contributed by atoms with E-state index in [2.05, 4.69) is 75.9 Å². The Morgan fingerprint density at radius 3 is 2.56 bits per heavy atom. The number of hydrogen-bond acceptors (Lipinski definition) is 1. The SMILES string of the molecule is CC1C=CC2=C(C=C1)C(S)=CC(C)(C)C=C2. The van der Waals surface area contributed by atoms with Gasteiger partial charge in [0.25, 0.3) is 0 Å². The molecule has 0 bridgehead atoms. The van der Waals surface area contributed by atoms with Gasteiger partial charge in [-0.05, 0) is 17.1 Å². The van der Waals surface area contributed by atoms with Crippen LogP contribution in [0.5, 0.6) is 0 Å². The van der Waals surface area contributed by atoms with E-state index in [1.807, 2.05) is 0 Å². The Kier molecular flexibility index (Phi) is 2.98. The van der Waals surface area contributed by atoms with Gasteiger partial charge < -0.3 is 0 Å². The van der Waals surface area contributed by atoms with Crippen molar-refractivity contribution in [3.8, 4) is 0 Å². The zero-order chi connectivity index (χ0) is 11.8. The van der Waals surface area contributed by atoms with E-state index in [1.54, 1.807) is 0 Å². The molecular formula is C15H18S. The van der Waals surface area contributed by atoms with Gasteiger partial charge >= 0.3 is 0 Å². The van der Waals surface area contributed by atoms with Crippen molar-refractivity contribution in [2.45, 2.75) is 20.8 Å². The molecule has 84 valence electrons. The third-order valence-corrected chi connectivity index (χ3v) is 3.30. The number of thiol groups is 1. The summed E-state index contributed by atoms with van der Waals surface area (Å²) in [7, 11) is 0. The highest BCUT2D eigenvalue weighted by Crippen LogP contribution is 2.34. The van der Waals surface area contributed by atoms with Crippen molar-refractivity contribution in [2.75, 3.05) is 0 Å². The second-order valence-electron chi connectivity index (χ2n) is 5.13. The summed E-state index contributed by atoms with van der Waals surface area (Å²) in [5, 5.41) is 0.